The number of ether oxygens (including phenoxy) is 1. The predicted molar refractivity (Wildman–Crippen MR) is 121 cm³/mol. The van der Waals surface area contributed by atoms with Gasteiger partial charge in [0.15, 0.2) is 14.6 Å². The molecule has 6 nitrogen and oxygen atoms in total. The van der Waals surface area contributed by atoms with Gasteiger partial charge in [0.1, 0.15) is 0 Å². The van der Waals surface area contributed by atoms with Crippen molar-refractivity contribution in [3.63, 3.8) is 0 Å². The van der Waals surface area contributed by atoms with Crippen LogP contribution >= 0.6 is 0 Å². The zero-order valence-electron chi connectivity index (χ0n) is 18.9. The van der Waals surface area contributed by atoms with Crippen LogP contribution < -0.4 is 0 Å². The third kappa shape index (κ3) is 4.41. The molecule has 4 rings (SSSR count). The SMILES string of the molecule is Cc1ccc(S(=O)(=O)C2(C(=O)N3CCCN(CC4CCCO4)CC3)CCCC2)cc1C. The number of carbonyl (C=O) groups excluding carboxylic acids is 1. The molecule has 172 valence electrons. The van der Waals surface area contributed by atoms with E-state index >= 15 is 0 Å². The van der Waals surface area contributed by atoms with E-state index in [9.17, 15) is 13.2 Å². The molecule has 31 heavy (non-hydrogen) atoms. The molecule has 0 radical (unpaired) electrons. The number of rotatable bonds is 5. The fourth-order valence-electron chi connectivity index (χ4n) is 5.37. The maximum Gasteiger partial charge on any atom is 0.244 e. The molecule has 3 fully saturated rings. The van der Waals surface area contributed by atoms with Crippen LogP contribution in [0.3, 0.4) is 0 Å². The summed E-state index contributed by atoms with van der Waals surface area (Å²) < 4.78 is 32.1. The standard InChI is InChI=1S/C24H36N2O4S/c1-19-8-9-22(17-20(19)2)31(28,29)24(10-3-4-11-24)23(27)26-13-6-12-25(14-15-26)18-21-7-5-16-30-21/h8-9,17,21H,3-7,10-16,18H2,1-2H3. The molecule has 1 unspecified atom stereocenters. The Labute approximate surface area is 186 Å². The maximum atomic E-state index is 13.8. The molecule has 1 aromatic rings. The molecule has 1 aromatic carbocycles. The van der Waals surface area contributed by atoms with Gasteiger partial charge < -0.3 is 9.64 Å². The molecule has 1 aliphatic carbocycles. The first kappa shape index (κ1) is 22.7. The zero-order chi connectivity index (χ0) is 22.1. The molecule has 1 atom stereocenters. The molecule has 2 saturated heterocycles. The van der Waals surface area contributed by atoms with E-state index in [-0.39, 0.29) is 5.91 Å². The van der Waals surface area contributed by atoms with Gasteiger partial charge in [0, 0.05) is 32.8 Å². The third-order valence-electron chi connectivity index (χ3n) is 7.47. The number of benzene rings is 1. The van der Waals surface area contributed by atoms with Gasteiger partial charge in [-0.05, 0) is 75.8 Å². The van der Waals surface area contributed by atoms with E-state index in [1.54, 1.807) is 12.1 Å². The first-order valence-electron chi connectivity index (χ1n) is 11.8. The van der Waals surface area contributed by atoms with Gasteiger partial charge in [0.05, 0.1) is 11.0 Å². The molecular formula is C24H36N2O4S. The largest absolute Gasteiger partial charge is 0.377 e. The van der Waals surface area contributed by atoms with Gasteiger partial charge in [0.25, 0.3) is 0 Å². The Morgan fingerprint density at radius 1 is 1.03 bits per heavy atom. The summed E-state index contributed by atoms with van der Waals surface area (Å²) >= 11 is 0. The van der Waals surface area contributed by atoms with E-state index < -0.39 is 14.6 Å². The van der Waals surface area contributed by atoms with E-state index in [0.29, 0.717) is 36.9 Å². The molecule has 0 N–H and O–H groups in total. The monoisotopic (exact) mass is 448 g/mol. The number of aryl methyl sites for hydroxylation is 2. The predicted octanol–water partition coefficient (Wildman–Crippen LogP) is 3.10. The van der Waals surface area contributed by atoms with Crippen molar-refractivity contribution < 1.29 is 17.9 Å². The minimum atomic E-state index is -3.76. The third-order valence-corrected chi connectivity index (χ3v) is 9.95. The molecular weight excluding hydrogens is 412 g/mol. The van der Waals surface area contributed by atoms with Crippen molar-refractivity contribution in [3.05, 3.63) is 29.3 Å². The molecule has 7 heteroatoms. The van der Waals surface area contributed by atoms with Crippen LogP contribution in [0.1, 0.15) is 56.1 Å². The quantitative estimate of drug-likeness (QED) is 0.692. The van der Waals surface area contributed by atoms with Crippen LogP contribution in [0, 0.1) is 13.8 Å². The van der Waals surface area contributed by atoms with Crippen molar-refractivity contribution in [1.29, 1.82) is 0 Å². The number of hydrogen-bond donors (Lipinski definition) is 0. The van der Waals surface area contributed by atoms with Gasteiger partial charge in [-0.2, -0.15) is 0 Å². The Morgan fingerprint density at radius 2 is 1.81 bits per heavy atom. The van der Waals surface area contributed by atoms with Crippen molar-refractivity contribution in [2.45, 2.75) is 74.5 Å². The van der Waals surface area contributed by atoms with Crippen LogP contribution in [-0.4, -0.2) is 74.3 Å². The number of carbonyl (C=O) groups is 1. The molecule has 2 aliphatic heterocycles. The highest BCUT2D eigenvalue weighted by atomic mass is 32.2. The van der Waals surface area contributed by atoms with Crippen LogP contribution in [0.15, 0.2) is 23.1 Å². The number of amides is 1. The van der Waals surface area contributed by atoms with E-state index in [0.717, 1.165) is 69.5 Å². The summed E-state index contributed by atoms with van der Waals surface area (Å²) in [6.45, 7) is 8.60. The summed E-state index contributed by atoms with van der Waals surface area (Å²) in [6, 6.07) is 5.27. The van der Waals surface area contributed by atoms with Crippen molar-refractivity contribution in [2.24, 2.45) is 0 Å². The lowest BCUT2D eigenvalue weighted by Gasteiger charge is -2.34. The first-order valence-corrected chi connectivity index (χ1v) is 13.3. The highest BCUT2D eigenvalue weighted by Gasteiger charge is 2.54. The minimum absolute atomic E-state index is 0.179. The van der Waals surface area contributed by atoms with Crippen molar-refractivity contribution in [2.75, 3.05) is 39.3 Å². The highest BCUT2D eigenvalue weighted by Crippen LogP contribution is 2.42. The lowest BCUT2D eigenvalue weighted by molar-refractivity contribution is -0.133. The van der Waals surface area contributed by atoms with Gasteiger partial charge in [-0.3, -0.25) is 9.69 Å². The Morgan fingerprint density at radius 3 is 2.48 bits per heavy atom. The van der Waals surface area contributed by atoms with E-state index in [2.05, 4.69) is 4.90 Å². The van der Waals surface area contributed by atoms with E-state index in [1.807, 2.05) is 24.8 Å². The molecule has 2 heterocycles. The second-order valence-electron chi connectivity index (χ2n) is 9.53. The van der Waals surface area contributed by atoms with Crippen molar-refractivity contribution in [3.8, 4) is 0 Å². The van der Waals surface area contributed by atoms with Crippen LogP contribution in [0.4, 0.5) is 0 Å². The van der Waals surface area contributed by atoms with Gasteiger partial charge in [-0.1, -0.05) is 18.9 Å². The van der Waals surface area contributed by atoms with Gasteiger partial charge in [-0.15, -0.1) is 0 Å². The average molecular weight is 449 g/mol. The molecule has 3 aliphatic rings. The smallest absolute Gasteiger partial charge is 0.244 e. The number of hydrogen-bond acceptors (Lipinski definition) is 5. The molecule has 0 aromatic heterocycles. The Hall–Kier alpha value is -1.44. The summed E-state index contributed by atoms with van der Waals surface area (Å²) in [5.41, 5.74) is 2.01. The first-order chi connectivity index (χ1) is 14.8. The van der Waals surface area contributed by atoms with Crippen molar-refractivity contribution in [1.82, 2.24) is 9.80 Å². The lowest BCUT2D eigenvalue weighted by Crippen LogP contribution is -2.53. The number of sulfone groups is 1. The molecule has 0 spiro atoms. The van der Waals surface area contributed by atoms with Crippen LogP contribution in [0.5, 0.6) is 0 Å². The zero-order valence-corrected chi connectivity index (χ0v) is 19.8. The van der Waals surface area contributed by atoms with E-state index in [1.165, 1.54) is 0 Å². The summed E-state index contributed by atoms with van der Waals surface area (Å²) in [5.74, 6) is -0.179. The van der Waals surface area contributed by atoms with E-state index in [4.69, 9.17) is 4.74 Å². The van der Waals surface area contributed by atoms with Crippen molar-refractivity contribution >= 4 is 15.7 Å². The van der Waals surface area contributed by atoms with Gasteiger partial charge >= 0.3 is 0 Å². The summed E-state index contributed by atoms with van der Waals surface area (Å²) in [4.78, 5) is 18.3. The summed E-state index contributed by atoms with van der Waals surface area (Å²) in [7, 11) is -3.76. The minimum Gasteiger partial charge on any atom is -0.377 e. The van der Waals surface area contributed by atoms with Crippen LogP contribution in [-0.2, 0) is 19.4 Å². The Kier molecular flexibility index (Phi) is 6.75. The average Bonchev–Trinajstić information content (AvgIpc) is 3.39. The fourth-order valence-corrected chi connectivity index (χ4v) is 7.59. The fraction of sp³-hybridized carbons (Fsp3) is 0.708. The van der Waals surface area contributed by atoms with Gasteiger partial charge in [0.2, 0.25) is 5.91 Å². The highest BCUT2D eigenvalue weighted by molar-refractivity contribution is 7.93. The summed E-state index contributed by atoms with van der Waals surface area (Å²) in [5, 5.41) is 0. The van der Waals surface area contributed by atoms with Crippen LogP contribution in [0.25, 0.3) is 0 Å². The number of nitrogens with zero attached hydrogens (tertiary/aromatic N) is 2. The summed E-state index contributed by atoms with van der Waals surface area (Å²) in [6.07, 6.45) is 5.84. The van der Waals surface area contributed by atoms with Crippen LogP contribution in [0.2, 0.25) is 0 Å². The molecule has 1 saturated carbocycles. The molecule has 1 amide bonds. The topological polar surface area (TPSA) is 66.9 Å². The normalized spacial score (nSPS) is 25.0. The van der Waals surface area contributed by atoms with Gasteiger partial charge in [-0.25, -0.2) is 8.42 Å². The Bertz CT molecular complexity index is 902. The second kappa shape index (κ2) is 9.20. The second-order valence-corrected chi connectivity index (χ2v) is 11.8. The maximum absolute atomic E-state index is 13.8. The molecule has 0 bridgehead atoms. The lowest BCUT2D eigenvalue weighted by atomic mass is 10.1. The Balaban J connectivity index is 1.53.